The molecule has 0 aliphatic rings. The summed E-state index contributed by atoms with van der Waals surface area (Å²) in [6.45, 7) is 2.04. The van der Waals surface area contributed by atoms with Gasteiger partial charge in [-0.3, -0.25) is 14.5 Å². The second kappa shape index (κ2) is 8.28. The number of rotatable bonds is 5. The minimum Gasteiger partial charge on any atom is -0.300 e. The van der Waals surface area contributed by atoms with Crippen LogP contribution in [0.15, 0.2) is 53.9 Å². The summed E-state index contributed by atoms with van der Waals surface area (Å²) in [6.07, 6.45) is 0. The Bertz CT molecular complexity index is 1230. The van der Waals surface area contributed by atoms with Crippen molar-refractivity contribution in [1.82, 2.24) is 19.7 Å². The van der Waals surface area contributed by atoms with Crippen molar-refractivity contribution >= 4 is 46.2 Å². The Morgan fingerprint density at radius 3 is 2.79 bits per heavy atom. The number of halogens is 1. The summed E-state index contributed by atoms with van der Waals surface area (Å²) in [5.74, 6) is 0.392. The third-order valence-corrected chi connectivity index (χ3v) is 5.55. The van der Waals surface area contributed by atoms with E-state index in [9.17, 15) is 4.79 Å². The minimum atomic E-state index is -0.228. The molecule has 0 spiro atoms. The van der Waals surface area contributed by atoms with E-state index in [2.05, 4.69) is 20.5 Å². The van der Waals surface area contributed by atoms with Crippen LogP contribution in [0.2, 0.25) is 5.02 Å². The summed E-state index contributed by atoms with van der Waals surface area (Å²) in [5.41, 5.74) is 3.71. The van der Waals surface area contributed by atoms with Crippen molar-refractivity contribution in [2.24, 2.45) is 0 Å². The fourth-order valence-corrected chi connectivity index (χ4v) is 3.91. The summed E-state index contributed by atoms with van der Waals surface area (Å²) in [4.78, 5) is 17.1. The van der Waals surface area contributed by atoms with E-state index in [4.69, 9.17) is 23.8 Å². The van der Waals surface area contributed by atoms with Crippen LogP contribution >= 0.6 is 35.2 Å². The summed E-state index contributed by atoms with van der Waals surface area (Å²) < 4.78 is 2.06. The van der Waals surface area contributed by atoms with Gasteiger partial charge in [0.05, 0.1) is 5.69 Å². The molecule has 0 aliphatic carbocycles. The van der Waals surface area contributed by atoms with Gasteiger partial charge in [0.25, 0.3) is 0 Å². The first kappa shape index (κ1) is 19.5. The van der Waals surface area contributed by atoms with E-state index < -0.39 is 0 Å². The molecule has 0 bridgehead atoms. The van der Waals surface area contributed by atoms with Crippen molar-refractivity contribution in [1.29, 1.82) is 0 Å². The normalized spacial score (nSPS) is 10.8. The van der Waals surface area contributed by atoms with Gasteiger partial charge in [-0.2, -0.15) is 5.10 Å². The van der Waals surface area contributed by atoms with Gasteiger partial charge in [-0.15, -0.1) is 11.3 Å². The van der Waals surface area contributed by atoms with Crippen molar-refractivity contribution in [3.63, 3.8) is 0 Å². The van der Waals surface area contributed by atoms with Crippen LogP contribution in [0.5, 0.6) is 0 Å². The number of carbonyl (C=O) groups excluding carboxylic acids is 1. The first-order valence-electron chi connectivity index (χ1n) is 8.73. The molecule has 4 rings (SSSR count). The van der Waals surface area contributed by atoms with Crippen LogP contribution in [0.4, 0.5) is 5.13 Å². The van der Waals surface area contributed by atoms with Crippen LogP contribution in [0, 0.1) is 11.7 Å². The Kier molecular flexibility index (Phi) is 5.57. The standard InChI is InChI=1S/C20H16ClN5OS2/c1-12-3-2-4-14(9-12)18-24-25-20(28)26(18)10-17(27)23-19-22-16(11-29-19)13-5-7-15(21)8-6-13/h2-9,11H,10H2,1H3,(H,25,28)(H,22,23,27). The Morgan fingerprint density at radius 2 is 2.03 bits per heavy atom. The van der Waals surface area contributed by atoms with E-state index in [1.807, 2.05) is 60.8 Å². The quantitative estimate of drug-likeness (QED) is 0.410. The van der Waals surface area contributed by atoms with Gasteiger partial charge in [-0.1, -0.05) is 47.5 Å². The fraction of sp³-hybridized carbons (Fsp3) is 0.100. The minimum absolute atomic E-state index is 0.0362. The Balaban J connectivity index is 1.51. The lowest BCUT2D eigenvalue weighted by atomic mass is 10.1. The number of amides is 1. The summed E-state index contributed by atoms with van der Waals surface area (Å²) in [5, 5.41) is 13.0. The topological polar surface area (TPSA) is 75.6 Å². The largest absolute Gasteiger partial charge is 0.300 e. The summed E-state index contributed by atoms with van der Waals surface area (Å²) >= 11 is 12.6. The van der Waals surface area contributed by atoms with Gasteiger partial charge in [-0.25, -0.2) is 4.98 Å². The highest BCUT2D eigenvalue weighted by molar-refractivity contribution is 7.71. The molecule has 0 radical (unpaired) electrons. The zero-order chi connectivity index (χ0) is 20.4. The molecule has 0 saturated carbocycles. The van der Waals surface area contributed by atoms with Gasteiger partial charge in [0.1, 0.15) is 6.54 Å². The van der Waals surface area contributed by atoms with E-state index >= 15 is 0 Å². The third kappa shape index (κ3) is 4.45. The maximum atomic E-state index is 12.6. The SMILES string of the molecule is Cc1cccc(-c2n[nH]c(=S)n2CC(=O)Nc2nc(-c3ccc(Cl)cc3)cs2)c1. The Hall–Kier alpha value is -2.81. The van der Waals surface area contributed by atoms with Crippen molar-refractivity contribution in [3.05, 3.63) is 69.3 Å². The molecule has 0 fully saturated rings. The van der Waals surface area contributed by atoms with Crippen molar-refractivity contribution in [2.45, 2.75) is 13.5 Å². The van der Waals surface area contributed by atoms with Gasteiger partial charge in [0.15, 0.2) is 15.7 Å². The molecule has 2 aromatic carbocycles. The van der Waals surface area contributed by atoms with Crippen molar-refractivity contribution in [2.75, 3.05) is 5.32 Å². The number of thiazole rings is 1. The smallest absolute Gasteiger partial charge is 0.246 e. The molecular formula is C20H16ClN5OS2. The number of aromatic nitrogens is 4. The maximum absolute atomic E-state index is 12.6. The van der Waals surface area contributed by atoms with E-state index in [1.54, 1.807) is 4.57 Å². The lowest BCUT2D eigenvalue weighted by molar-refractivity contribution is -0.116. The molecule has 9 heteroatoms. The van der Waals surface area contributed by atoms with Gasteiger partial charge in [0.2, 0.25) is 5.91 Å². The van der Waals surface area contributed by atoms with Crippen LogP contribution < -0.4 is 5.32 Å². The molecule has 0 aliphatic heterocycles. The second-order valence-corrected chi connectivity index (χ2v) is 8.08. The van der Waals surface area contributed by atoms with Crippen LogP contribution in [0.3, 0.4) is 0 Å². The predicted octanol–water partition coefficient (Wildman–Crippen LogP) is 5.33. The summed E-state index contributed by atoms with van der Waals surface area (Å²) in [7, 11) is 0. The van der Waals surface area contributed by atoms with Gasteiger partial charge in [-0.05, 0) is 37.3 Å². The molecule has 1 amide bonds. The molecular weight excluding hydrogens is 426 g/mol. The average Bonchev–Trinajstić information content (AvgIpc) is 3.30. The molecule has 0 unspecified atom stereocenters. The van der Waals surface area contributed by atoms with Crippen LogP contribution in [-0.2, 0) is 11.3 Å². The molecule has 4 aromatic rings. The highest BCUT2D eigenvalue weighted by atomic mass is 35.5. The number of hydrogen-bond acceptors (Lipinski definition) is 5. The highest BCUT2D eigenvalue weighted by Gasteiger charge is 2.14. The number of carbonyl (C=O) groups is 1. The lowest BCUT2D eigenvalue weighted by Crippen LogP contribution is -2.19. The van der Waals surface area contributed by atoms with Crippen LogP contribution in [-0.4, -0.2) is 25.7 Å². The number of aromatic amines is 1. The second-order valence-electron chi connectivity index (χ2n) is 6.40. The number of nitrogens with one attached hydrogen (secondary N) is 2. The number of H-pyrrole nitrogens is 1. The van der Waals surface area contributed by atoms with Crippen molar-refractivity contribution in [3.8, 4) is 22.6 Å². The number of benzene rings is 2. The maximum Gasteiger partial charge on any atom is 0.246 e. The van der Waals surface area contributed by atoms with Gasteiger partial charge < -0.3 is 5.32 Å². The van der Waals surface area contributed by atoms with E-state index in [-0.39, 0.29) is 12.5 Å². The Morgan fingerprint density at radius 1 is 1.24 bits per heavy atom. The van der Waals surface area contributed by atoms with Gasteiger partial charge >= 0.3 is 0 Å². The fourth-order valence-electron chi connectivity index (χ4n) is 2.86. The number of anilines is 1. The van der Waals surface area contributed by atoms with Crippen molar-refractivity contribution < 1.29 is 4.79 Å². The molecule has 146 valence electrons. The molecule has 0 atom stereocenters. The van der Waals surface area contributed by atoms with E-state index in [0.717, 1.165) is 22.4 Å². The number of hydrogen-bond donors (Lipinski definition) is 2. The zero-order valence-corrected chi connectivity index (χ0v) is 17.7. The molecule has 29 heavy (non-hydrogen) atoms. The molecule has 0 saturated heterocycles. The average molecular weight is 442 g/mol. The monoisotopic (exact) mass is 441 g/mol. The highest BCUT2D eigenvalue weighted by Crippen LogP contribution is 2.26. The summed E-state index contributed by atoms with van der Waals surface area (Å²) in [6, 6.07) is 15.3. The lowest BCUT2D eigenvalue weighted by Gasteiger charge is -2.07. The zero-order valence-electron chi connectivity index (χ0n) is 15.3. The van der Waals surface area contributed by atoms with E-state index in [0.29, 0.717) is 20.7 Å². The molecule has 2 N–H and O–H groups in total. The van der Waals surface area contributed by atoms with Crippen LogP contribution in [0.1, 0.15) is 5.56 Å². The molecule has 2 aromatic heterocycles. The first-order valence-corrected chi connectivity index (χ1v) is 10.4. The molecule has 6 nitrogen and oxygen atoms in total. The Labute approximate surface area is 181 Å². The number of aryl methyl sites for hydroxylation is 1. The van der Waals surface area contributed by atoms with Gasteiger partial charge in [0, 0.05) is 21.5 Å². The predicted molar refractivity (Wildman–Crippen MR) is 119 cm³/mol. The molecule has 2 heterocycles. The van der Waals surface area contributed by atoms with Crippen LogP contribution in [0.25, 0.3) is 22.6 Å². The number of nitrogens with zero attached hydrogens (tertiary/aromatic N) is 3. The third-order valence-electron chi connectivity index (χ3n) is 4.23. The first-order chi connectivity index (χ1) is 14.0. The van der Waals surface area contributed by atoms with E-state index in [1.165, 1.54) is 11.3 Å².